The highest BCUT2D eigenvalue weighted by Gasteiger charge is 2.39. The Labute approximate surface area is 140 Å². The highest BCUT2D eigenvalue weighted by atomic mass is 16.5. The van der Waals surface area contributed by atoms with Gasteiger partial charge in [-0.05, 0) is 24.1 Å². The fraction of sp³-hybridized carbons (Fsp3) is 0.263. The SMILES string of the molecule is O=C(OC1CCN(C(=O)O)C1Cc1ccccc1)c1ccccc1. The standard InChI is InChI=1S/C19H19NO4/c21-18(15-9-5-2-6-10-15)24-17-11-12-20(19(22)23)16(17)13-14-7-3-1-4-8-14/h1-10,16-17H,11-13H2,(H,22,23). The second kappa shape index (κ2) is 7.17. The summed E-state index contributed by atoms with van der Waals surface area (Å²) in [5, 5.41) is 9.42. The second-order valence-corrected chi connectivity index (χ2v) is 5.83. The smallest absolute Gasteiger partial charge is 0.407 e. The van der Waals surface area contributed by atoms with Gasteiger partial charge in [0, 0.05) is 13.0 Å². The lowest BCUT2D eigenvalue weighted by Gasteiger charge is -2.26. The van der Waals surface area contributed by atoms with Crippen molar-refractivity contribution in [1.29, 1.82) is 0 Å². The summed E-state index contributed by atoms with van der Waals surface area (Å²) < 4.78 is 5.62. The van der Waals surface area contributed by atoms with Crippen LogP contribution in [-0.4, -0.2) is 40.8 Å². The van der Waals surface area contributed by atoms with Gasteiger partial charge in [-0.3, -0.25) is 0 Å². The number of nitrogens with zero attached hydrogens (tertiary/aromatic N) is 1. The van der Waals surface area contributed by atoms with E-state index < -0.39 is 18.2 Å². The van der Waals surface area contributed by atoms with Gasteiger partial charge in [0.05, 0.1) is 11.6 Å². The highest BCUT2D eigenvalue weighted by molar-refractivity contribution is 5.89. The van der Waals surface area contributed by atoms with Crippen LogP contribution in [0, 0.1) is 0 Å². The molecule has 1 N–H and O–H groups in total. The van der Waals surface area contributed by atoms with Crippen molar-refractivity contribution >= 4 is 12.1 Å². The van der Waals surface area contributed by atoms with Crippen LogP contribution >= 0.6 is 0 Å². The predicted octanol–water partition coefficient (Wildman–Crippen LogP) is 3.21. The van der Waals surface area contributed by atoms with E-state index in [0.717, 1.165) is 5.56 Å². The molecule has 1 saturated heterocycles. The van der Waals surface area contributed by atoms with Crippen LogP contribution in [-0.2, 0) is 11.2 Å². The average molecular weight is 325 g/mol. The zero-order chi connectivity index (χ0) is 16.9. The Balaban J connectivity index is 1.75. The fourth-order valence-corrected chi connectivity index (χ4v) is 3.08. The highest BCUT2D eigenvalue weighted by Crippen LogP contribution is 2.25. The largest absolute Gasteiger partial charge is 0.465 e. The average Bonchev–Trinajstić information content (AvgIpc) is 2.99. The third-order valence-electron chi connectivity index (χ3n) is 4.29. The number of carbonyl (C=O) groups excluding carboxylic acids is 1. The summed E-state index contributed by atoms with van der Waals surface area (Å²) in [6, 6.07) is 18.1. The molecular weight excluding hydrogens is 306 g/mol. The van der Waals surface area contributed by atoms with Crippen molar-refractivity contribution in [3.63, 3.8) is 0 Å². The molecule has 3 rings (SSSR count). The van der Waals surface area contributed by atoms with Crippen molar-refractivity contribution in [2.45, 2.75) is 25.0 Å². The maximum absolute atomic E-state index is 12.3. The molecule has 0 aliphatic carbocycles. The summed E-state index contributed by atoms with van der Waals surface area (Å²) in [4.78, 5) is 25.1. The first kappa shape index (κ1) is 16.1. The first-order valence-corrected chi connectivity index (χ1v) is 7.94. The van der Waals surface area contributed by atoms with Crippen LogP contribution in [0.25, 0.3) is 0 Å². The van der Waals surface area contributed by atoms with E-state index in [9.17, 15) is 14.7 Å². The molecule has 2 aromatic carbocycles. The summed E-state index contributed by atoms with van der Waals surface area (Å²) >= 11 is 0. The van der Waals surface area contributed by atoms with Crippen LogP contribution in [0.1, 0.15) is 22.3 Å². The van der Waals surface area contributed by atoms with Crippen LogP contribution in [0.15, 0.2) is 60.7 Å². The first-order valence-electron chi connectivity index (χ1n) is 7.94. The predicted molar refractivity (Wildman–Crippen MR) is 88.9 cm³/mol. The summed E-state index contributed by atoms with van der Waals surface area (Å²) in [7, 11) is 0. The first-order chi connectivity index (χ1) is 11.6. The molecule has 0 bridgehead atoms. The topological polar surface area (TPSA) is 66.8 Å². The van der Waals surface area contributed by atoms with E-state index in [1.54, 1.807) is 24.3 Å². The molecule has 24 heavy (non-hydrogen) atoms. The van der Waals surface area contributed by atoms with E-state index in [0.29, 0.717) is 24.9 Å². The van der Waals surface area contributed by atoms with Crippen molar-refractivity contribution in [3.05, 3.63) is 71.8 Å². The van der Waals surface area contributed by atoms with Crippen LogP contribution in [0.3, 0.4) is 0 Å². The zero-order valence-corrected chi connectivity index (χ0v) is 13.2. The lowest BCUT2D eigenvalue weighted by atomic mass is 10.0. The van der Waals surface area contributed by atoms with E-state index >= 15 is 0 Å². The number of carboxylic acid groups (broad SMARTS) is 1. The molecule has 0 spiro atoms. The lowest BCUT2D eigenvalue weighted by molar-refractivity contribution is 0.0207. The van der Waals surface area contributed by atoms with E-state index in [-0.39, 0.29) is 6.04 Å². The molecular formula is C19H19NO4. The summed E-state index contributed by atoms with van der Waals surface area (Å²) in [5.74, 6) is -0.411. The molecule has 2 unspecified atom stereocenters. The number of hydrogen-bond donors (Lipinski definition) is 1. The number of benzene rings is 2. The molecule has 1 amide bonds. The van der Waals surface area contributed by atoms with E-state index in [1.165, 1.54) is 4.90 Å². The van der Waals surface area contributed by atoms with Gasteiger partial charge < -0.3 is 14.7 Å². The lowest BCUT2D eigenvalue weighted by Crippen LogP contribution is -2.41. The minimum Gasteiger partial charge on any atom is -0.465 e. The van der Waals surface area contributed by atoms with Gasteiger partial charge in [0.1, 0.15) is 6.10 Å². The summed E-state index contributed by atoms with van der Waals surface area (Å²) in [5.41, 5.74) is 1.50. The number of hydrogen-bond acceptors (Lipinski definition) is 3. The minimum absolute atomic E-state index is 0.363. The van der Waals surface area contributed by atoms with Crippen LogP contribution < -0.4 is 0 Å². The molecule has 5 nitrogen and oxygen atoms in total. The molecule has 5 heteroatoms. The van der Waals surface area contributed by atoms with Crippen molar-refractivity contribution in [2.24, 2.45) is 0 Å². The molecule has 1 fully saturated rings. The van der Waals surface area contributed by atoms with E-state index in [4.69, 9.17) is 4.74 Å². The fourth-order valence-electron chi connectivity index (χ4n) is 3.08. The third kappa shape index (κ3) is 3.56. The number of likely N-dealkylation sites (tertiary alicyclic amines) is 1. The Morgan fingerprint density at radius 1 is 1.04 bits per heavy atom. The molecule has 1 aliphatic heterocycles. The number of amides is 1. The molecule has 1 heterocycles. The number of ether oxygens (including phenoxy) is 1. The third-order valence-corrected chi connectivity index (χ3v) is 4.29. The number of rotatable bonds is 4. The van der Waals surface area contributed by atoms with Gasteiger partial charge >= 0.3 is 12.1 Å². The maximum atomic E-state index is 12.3. The number of carbonyl (C=O) groups is 2. The Hall–Kier alpha value is -2.82. The normalized spacial score (nSPS) is 19.9. The molecule has 0 radical (unpaired) electrons. The van der Waals surface area contributed by atoms with Crippen molar-refractivity contribution in [1.82, 2.24) is 4.90 Å². The molecule has 0 aromatic heterocycles. The molecule has 2 atom stereocenters. The number of esters is 1. The zero-order valence-electron chi connectivity index (χ0n) is 13.2. The van der Waals surface area contributed by atoms with Gasteiger partial charge in [-0.25, -0.2) is 9.59 Å². The Kier molecular flexibility index (Phi) is 4.79. The molecule has 1 aliphatic rings. The second-order valence-electron chi connectivity index (χ2n) is 5.83. The summed E-state index contributed by atoms with van der Waals surface area (Å²) in [6.45, 7) is 0.375. The Morgan fingerprint density at radius 2 is 1.67 bits per heavy atom. The van der Waals surface area contributed by atoms with Crippen molar-refractivity contribution in [3.8, 4) is 0 Å². The Morgan fingerprint density at radius 3 is 2.29 bits per heavy atom. The van der Waals surface area contributed by atoms with Gasteiger partial charge in [0.25, 0.3) is 0 Å². The monoisotopic (exact) mass is 325 g/mol. The van der Waals surface area contributed by atoms with Crippen LogP contribution in [0.4, 0.5) is 4.79 Å². The minimum atomic E-state index is -0.978. The van der Waals surface area contributed by atoms with Gasteiger partial charge in [-0.15, -0.1) is 0 Å². The van der Waals surface area contributed by atoms with Gasteiger partial charge in [-0.2, -0.15) is 0 Å². The van der Waals surface area contributed by atoms with Crippen molar-refractivity contribution < 1.29 is 19.4 Å². The van der Waals surface area contributed by atoms with Crippen molar-refractivity contribution in [2.75, 3.05) is 6.54 Å². The molecule has 124 valence electrons. The molecule has 0 saturated carbocycles. The van der Waals surface area contributed by atoms with E-state index in [1.807, 2.05) is 36.4 Å². The van der Waals surface area contributed by atoms with E-state index in [2.05, 4.69) is 0 Å². The van der Waals surface area contributed by atoms with Gasteiger partial charge in [0.2, 0.25) is 0 Å². The van der Waals surface area contributed by atoms with Gasteiger partial charge in [0.15, 0.2) is 0 Å². The molecule has 2 aromatic rings. The maximum Gasteiger partial charge on any atom is 0.407 e. The summed E-state index contributed by atoms with van der Waals surface area (Å²) in [6.07, 6.45) is -0.370. The van der Waals surface area contributed by atoms with Gasteiger partial charge in [-0.1, -0.05) is 48.5 Å². The quantitative estimate of drug-likeness (QED) is 0.877. The van der Waals surface area contributed by atoms with Crippen LogP contribution in [0.5, 0.6) is 0 Å². The Bertz CT molecular complexity index is 702. The van der Waals surface area contributed by atoms with Crippen LogP contribution in [0.2, 0.25) is 0 Å².